The molecule has 35 heavy (non-hydrogen) atoms. The van der Waals surface area contributed by atoms with Crippen LogP contribution in [0.2, 0.25) is 0 Å². The van der Waals surface area contributed by atoms with Crippen molar-refractivity contribution in [2.24, 2.45) is 11.7 Å². The van der Waals surface area contributed by atoms with Crippen molar-refractivity contribution in [3.05, 3.63) is 36.0 Å². The average Bonchev–Trinajstić information content (AvgIpc) is 3.20. The van der Waals surface area contributed by atoms with Gasteiger partial charge in [0.15, 0.2) is 0 Å². The predicted molar refractivity (Wildman–Crippen MR) is 127 cm³/mol. The van der Waals surface area contributed by atoms with E-state index < -0.39 is 66.5 Å². The molecular weight excluding hydrogens is 458 g/mol. The van der Waals surface area contributed by atoms with Crippen LogP contribution >= 0.6 is 0 Å². The number of carboxylic acids is 1. The molecule has 1 aromatic heterocycles. The summed E-state index contributed by atoms with van der Waals surface area (Å²) in [5.41, 5.74) is 7.77. The highest BCUT2D eigenvalue weighted by Crippen LogP contribution is 2.18. The van der Waals surface area contributed by atoms with Crippen molar-refractivity contribution in [3.8, 4) is 0 Å². The van der Waals surface area contributed by atoms with E-state index in [-0.39, 0.29) is 6.42 Å². The molecule has 0 aliphatic carbocycles. The number of aliphatic hydroxyl groups excluding tert-OH is 2. The molecule has 0 saturated heterocycles. The molecule has 5 atom stereocenters. The number of carbonyl (C=O) groups is 4. The lowest BCUT2D eigenvalue weighted by Crippen LogP contribution is -2.61. The standard InChI is InChI=1S/C23H33N5O7/c1-11(2)18(21(32)26-17(10-29)23(34)35)27-22(33)19(12(3)30)28-20(31)15(24)8-13-9-25-16-7-5-4-6-14(13)16/h4-7,9,11-12,15,17-19,25,29-30H,8,10,24H2,1-3H3,(H,26,32)(H,27,33)(H,28,31)(H,34,35). The second kappa shape index (κ2) is 12.3. The van der Waals surface area contributed by atoms with Gasteiger partial charge in [0, 0.05) is 17.1 Å². The zero-order valence-corrected chi connectivity index (χ0v) is 19.8. The van der Waals surface area contributed by atoms with Crippen LogP contribution < -0.4 is 21.7 Å². The van der Waals surface area contributed by atoms with Crippen molar-refractivity contribution in [3.63, 3.8) is 0 Å². The fraction of sp³-hybridized carbons (Fsp3) is 0.478. The summed E-state index contributed by atoms with van der Waals surface area (Å²) in [6, 6.07) is 2.34. The Morgan fingerprint density at radius 1 is 0.971 bits per heavy atom. The van der Waals surface area contributed by atoms with Gasteiger partial charge in [-0.3, -0.25) is 14.4 Å². The van der Waals surface area contributed by atoms with E-state index >= 15 is 0 Å². The molecule has 2 rings (SSSR count). The maximum Gasteiger partial charge on any atom is 0.328 e. The predicted octanol–water partition coefficient (Wildman–Crippen LogP) is -1.39. The number of amides is 3. The molecule has 5 unspecified atom stereocenters. The van der Waals surface area contributed by atoms with Crippen molar-refractivity contribution < 1.29 is 34.5 Å². The molecule has 12 heteroatoms. The van der Waals surface area contributed by atoms with E-state index in [1.165, 1.54) is 6.92 Å². The third-order valence-corrected chi connectivity index (χ3v) is 5.56. The Morgan fingerprint density at radius 2 is 1.57 bits per heavy atom. The first-order chi connectivity index (χ1) is 16.5. The monoisotopic (exact) mass is 491 g/mol. The van der Waals surface area contributed by atoms with E-state index in [0.29, 0.717) is 0 Å². The second-order valence-corrected chi connectivity index (χ2v) is 8.71. The minimum absolute atomic E-state index is 0.179. The first-order valence-corrected chi connectivity index (χ1v) is 11.2. The second-order valence-electron chi connectivity index (χ2n) is 8.71. The number of nitrogens with one attached hydrogen (secondary N) is 4. The topological polar surface area (TPSA) is 207 Å². The van der Waals surface area contributed by atoms with Crippen LogP contribution in [0.3, 0.4) is 0 Å². The lowest BCUT2D eigenvalue weighted by molar-refractivity contribution is -0.143. The van der Waals surface area contributed by atoms with Crippen molar-refractivity contribution in [1.29, 1.82) is 0 Å². The number of para-hydroxylation sites is 1. The summed E-state index contributed by atoms with van der Waals surface area (Å²) in [4.78, 5) is 52.3. The molecule has 12 nitrogen and oxygen atoms in total. The molecule has 1 aromatic carbocycles. The molecule has 2 aromatic rings. The van der Waals surface area contributed by atoms with Gasteiger partial charge in [-0.15, -0.1) is 0 Å². The zero-order chi connectivity index (χ0) is 26.3. The number of fused-ring (bicyclic) bond motifs is 1. The van der Waals surface area contributed by atoms with E-state index in [2.05, 4.69) is 20.9 Å². The summed E-state index contributed by atoms with van der Waals surface area (Å²) >= 11 is 0. The van der Waals surface area contributed by atoms with Gasteiger partial charge in [0.2, 0.25) is 17.7 Å². The first kappa shape index (κ1) is 27.8. The highest BCUT2D eigenvalue weighted by Gasteiger charge is 2.33. The first-order valence-electron chi connectivity index (χ1n) is 11.2. The Bertz CT molecular complexity index is 1050. The van der Waals surface area contributed by atoms with Crippen LogP contribution in [0.4, 0.5) is 0 Å². The summed E-state index contributed by atoms with van der Waals surface area (Å²) in [5, 5.41) is 36.2. The Morgan fingerprint density at radius 3 is 2.14 bits per heavy atom. The van der Waals surface area contributed by atoms with E-state index in [1.54, 1.807) is 20.0 Å². The summed E-state index contributed by atoms with van der Waals surface area (Å²) in [5.74, 6) is -4.26. The lowest BCUT2D eigenvalue weighted by Gasteiger charge is -2.27. The molecule has 0 aliphatic rings. The highest BCUT2D eigenvalue weighted by molar-refractivity contribution is 5.94. The van der Waals surface area contributed by atoms with Crippen LogP contribution in [0.15, 0.2) is 30.5 Å². The molecule has 0 fully saturated rings. The summed E-state index contributed by atoms with van der Waals surface area (Å²) < 4.78 is 0. The number of nitrogens with two attached hydrogens (primary N) is 1. The van der Waals surface area contributed by atoms with Crippen molar-refractivity contribution in [1.82, 2.24) is 20.9 Å². The Hall–Kier alpha value is -3.48. The molecule has 0 aliphatic heterocycles. The largest absolute Gasteiger partial charge is 0.480 e. The molecule has 192 valence electrons. The molecular formula is C23H33N5O7. The molecule has 3 amide bonds. The summed E-state index contributed by atoms with van der Waals surface area (Å²) in [6.07, 6.45) is 0.609. The maximum absolute atomic E-state index is 12.9. The average molecular weight is 492 g/mol. The van der Waals surface area contributed by atoms with E-state index in [0.717, 1.165) is 16.5 Å². The Kier molecular flexibility index (Phi) is 9.75. The van der Waals surface area contributed by atoms with Gasteiger partial charge < -0.3 is 42.0 Å². The van der Waals surface area contributed by atoms with Gasteiger partial charge in [0.25, 0.3) is 0 Å². The molecule has 9 N–H and O–H groups in total. The third-order valence-electron chi connectivity index (χ3n) is 5.56. The summed E-state index contributed by atoms with van der Waals surface area (Å²) in [6.45, 7) is 3.70. The van der Waals surface area contributed by atoms with Gasteiger partial charge in [-0.2, -0.15) is 0 Å². The fourth-order valence-electron chi connectivity index (χ4n) is 3.52. The number of aliphatic hydroxyl groups is 2. The van der Waals surface area contributed by atoms with E-state index in [4.69, 9.17) is 15.9 Å². The minimum atomic E-state index is -1.55. The number of aromatic nitrogens is 1. The normalized spacial score (nSPS) is 15.6. The van der Waals surface area contributed by atoms with Crippen LogP contribution in [0.1, 0.15) is 26.3 Å². The molecule has 1 heterocycles. The quantitative estimate of drug-likeness (QED) is 0.177. The minimum Gasteiger partial charge on any atom is -0.480 e. The van der Waals surface area contributed by atoms with Gasteiger partial charge >= 0.3 is 5.97 Å². The van der Waals surface area contributed by atoms with Crippen molar-refractivity contribution >= 4 is 34.6 Å². The molecule has 0 bridgehead atoms. The zero-order valence-electron chi connectivity index (χ0n) is 19.8. The SMILES string of the molecule is CC(C)C(NC(=O)C(NC(=O)C(N)Cc1c[nH]c2ccccc12)C(C)O)C(=O)NC(CO)C(=O)O. The lowest BCUT2D eigenvalue weighted by atomic mass is 10.0. The number of hydrogen-bond acceptors (Lipinski definition) is 7. The van der Waals surface area contributed by atoms with Gasteiger partial charge in [-0.05, 0) is 30.9 Å². The van der Waals surface area contributed by atoms with Crippen LogP contribution in [0.25, 0.3) is 10.9 Å². The van der Waals surface area contributed by atoms with Crippen LogP contribution in [0.5, 0.6) is 0 Å². The van der Waals surface area contributed by atoms with Crippen LogP contribution in [0, 0.1) is 5.92 Å². The fourth-order valence-corrected chi connectivity index (χ4v) is 3.52. The van der Waals surface area contributed by atoms with Gasteiger partial charge in [-0.25, -0.2) is 4.79 Å². The van der Waals surface area contributed by atoms with Gasteiger partial charge in [0.1, 0.15) is 18.1 Å². The Labute approximate surface area is 202 Å². The number of benzene rings is 1. The number of aromatic amines is 1. The number of H-pyrrole nitrogens is 1. The van der Waals surface area contributed by atoms with Crippen LogP contribution in [-0.4, -0.2) is 80.9 Å². The molecule has 0 spiro atoms. The van der Waals surface area contributed by atoms with Gasteiger partial charge in [-0.1, -0.05) is 32.0 Å². The molecule has 0 saturated carbocycles. The number of aliphatic carboxylic acids is 1. The summed E-state index contributed by atoms with van der Waals surface area (Å²) in [7, 11) is 0. The van der Waals surface area contributed by atoms with Crippen molar-refractivity contribution in [2.75, 3.05) is 6.61 Å². The number of carbonyl (C=O) groups excluding carboxylic acids is 3. The van der Waals surface area contributed by atoms with Crippen LogP contribution in [-0.2, 0) is 25.6 Å². The van der Waals surface area contributed by atoms with E-state index in [9.17, 15) is 24.3 Å². The third kappa shape index (κ3) is 7.25. The number of rotatable bonds is 12. The number of carboxylic acid groups (broad SMARTS) is 1. The smallest absolute Gasteiger partial charge is 0.328 e. The van der Waals surface area contributed by atoms with E-state index in [1.807, 2.05) is 24.3 Å². The number of hydrogen-bond donors (Lipinski definition) is 8. The Balaban J connectivity index is 2.07. The van der Waals surface area contributed by atoms with Crippen molar-refractivity contribution in [2.45, 2.75) is 57.5 Å². The molecule has 0 radical (unpaired) electrons. The highest BCUT2D eigenvalue weighted by atomic mass is 16.4. The maximum atomic E-state index is 12.9. The van der Waals surface area contributed by atoms with Gasteiger partial charge in [0.05, 0.1) is 18.8 Å².